The molecule has 1 aliphatic rings. The number of anilines is 1. The number of nitro benzene ring substituents is 1. The van der Waals surface area contributed by atoms with Gasteiger partial charge in [0.25, 0.3) is 5.69 Å². The molecule has 0 aliphatic heterocycles. The molecule has 17 heavy (non-hydrogen) atoms. The normalized spacial score (nSPS) is 15.2. The Balaban J connectivity index is 2.37. The van der Waals surface area contributed by atoms with Gasteiger partial charge in [0.15, 0.2) is 0 Å². The Labute approximate surface area is 100 Å². The molecule has 1 N–H and O–H groups in total. The second-order valence-corrected chi connectivity index (χ2v) is 4.21. The number of rotatable bonds is 3. The van der Waals surface area contributed by atoms with Crippen LogP contribution in [0.15, 0.2) is 24.3 Å². The van der Waals surface area contributed by atoms with Gasteiger partial charge in [-0.05, 0) is 49.0 Å². The summed E-state index contributed by atoms with van der Waals surface area (Å²) in [5.74, 6) is 0. The van der Waals surface area contributed by atoms with Crippen LogP contribution in [0.1, 0.15) is 31.2 Å². The van der Waals surface area contributed by atoms with Crippen molar-refractivity contribution in [3.05, 3.63) is 40.0 Å². The van der Waals surface area contributed by atoms with Gasteiger partial charge in [0.1, 0.15) is 5.69 Å². The van der Waals surface area contributed by atoms with Crippen LogP contribution in [0, 0.1) is 10.1 Å². The number of nitrogens with zero attached hydrogens (tertiary/aromatic N) is 1. The summed E-state index contributed by atoms with van der Waals surface area (Å²) in [5, 5.41) is 13.7. The number of allylic oxidation sites excluding steroid dienone is 2. The van der Waals surface area contributed by atoms with Gasteiger partial charge >= 0.3 is 0 Å². The molecule has 0 bridgehead atoms. The third-order valence-electron chi connectivity index (χ3n) is 3.12. The van der Waals surface area contributed by atoms with Crippen molar-refractivity contribution >= 4 is 16.9 Å². The first kappa shape index (κ1) is 11.6. The lowest BCUT2D eigenvalue weighted by molar-refractivity contribution is -0.383. The minimum atomic E-state index is -0.356. The third-order valence-corrected chi connectivity index (χ3v) is 3.12. The van der Waals surface area contributed by atoms with Gasteiger partial charge in [-0.3, -0.25) is 10.1 Å². The van der Waals surface area contributed by atoms with Gasteiger partial charge in [0.2, 0.25) is 0 Å². The summed E-state index contributed by atoms with van der Waals surface area (Å²) in [7, 11) is 1.71. The van der Waals surface area contributed by atoms with Crippen molar-refractivity contribution in [2.24, 2.45) is 0 Å². The first-order chi connectivity index (χ1) is 8.22. The summed E-state index contributed by atoms with van der Waals surface area (Å²) >= 11 is 0. The molecule has 1 aliphatic carbocycles. The minimum Gasteiger partial charge on any atom is -0.383 e. The Morgan fingerprint density at radius 3 is 2.76 bits per heavy atom. The van der Waals surface area contributed by atoms with E-state index in [1.54, 1.807) is 13.1 Å². The van der Waals surface area contributed by atoms with Crippen LogP contribution in [0.4, 0.5) is 11.4 Å². The zero-order valence-electron chi connectivity index (χ0n) is 9.90. The van der Waals surface area contributed by atoms with Crippen molar-refractivity contribution in [3.8, 4) is 0 Å². The molecule has 0 saturated heterocycles. The number of hydrogen-bond acceptors (Lipinski definition) is 3. The van der Waals surface area contributed by atoms with E-state index in [1.165, 1.54) is 18.4 Å². The van der Waals surface area contributed by atoms with Crippen molar-refractivity contribution in [2.45, 2.75) is 25.7 Å². The Hall–Kier alpha value is -1.84. The number of nitro groups is 1. The van der Waals surface area contributed by atoms with Crippen molar-refractivity contribution in [3.63, 3.8) is 0 Å². The van der Waals surface area contributed by atoms with Gasteiger partial charge in [0.05, 0.1) is 4.92 Å². The van der Waals surface area contributed by atoms with E-state index in [0.29, 0.717) is 5.69 Å². The third kappa shape index (κ3) is 2.46. The summed E-state index contributed by atoms with van der Waals surface area (Å²) in [6.45, 7) is 0. The fraction of sp³-hybridized carbons (Fsp3) is 0.385. The lowest BCUT2D eigenvalue weighted by Crippen LogP contribution is -1.98. The van der Waals surface area contributed by atoms with Gasteiger partial charge in [-0.15, -0.1) is 0 Å². The SMILES string of the molecule is CNc1cc(C2=CCCCC2)ccc1[N+](=O)[O-]. The number of hydrogen-bond donors (Lipinski definition) is 1. The van der Waals surface area contributed by atoms with Crippen LogP contribution in [0.25, 0.3) is 5.57 Å². The summed E-state index contributed by atoms with van der Waals surface area (Å²) < 4.78 is 0. The Bertz CT molecular complexity index is 466. The van der Waals surface area contributed by atoms with Gasteiger partial charge in [-0.2, -0.15) is 0 Å². The van der Waals surface area contributed by atoms with Crippen molar-refractivity contribution in [1.29, 1.82) is 0 Å². The summed E-state index contributed by atoms with van der Waals surface area (Å²) in [6.07, 6.45) is 6.87. The van der Waals surface area contributed by atoms with E-state index < -0.39 is 0 Å². The molecule has 0 spiro atoms. The van der Waals surface area contributed by atoms with Crippen LogP contribution in [-0.2, 0) is 0 Å². The average Bonchev–Trinajstić information content (AvgIpc) is 2.39. The maximum Gasteiger partial charge on any atom is 0.292 e. The molecule has 0 unspecified atom stereocenters. The highest BCUT2D eigenvalue weighted by atomic mass is 16.6. The summed E-state index contributed by atoms with van der Waals surface area (Å²) in [6, 6.07) is 5.29. The molecule has 0 aromatic heterocycles. The first-order valence-electron chi connectivity index (χ1n) is 5.88. The summed E-state index contributed by atoms with van der Waals surface area (Å²) in [4.78, 5) is 10.5. The monoisotopic (exact) mass is 232 g/mol. The standard InChI is InChI=1S/C13H16N2O2/c1-14-12-9-11(7-8-13(12)15(16)17)10-5-3-2-4-6-10/h5,7-9,14H,2-4,6H2,1H3. The number of benzene rings is 1. The van der Waals surface area contributed by atoms with Crippen LogP contribution in [0.3, 0.4) is 0 Å². The van der Waals surface area contributed by atoms with E-state index in [0.717, 1.165) is 18.4 Å². The fourth-order valence-electron chi connectivity index (χ4n) is 2.20. The molecule has 0 atom stereocenters. The van der Waals surface area contributed by atoms with Gasteiger partial charge in [-0.25, -0.2) is 0 Å². The van der Waals surface area contributed by atoms with Crippen LogP contribution in [-0.4, -0.2) is 12.0 Å². The lowest BCUT2D eigenvalue weighted by atomic mass is 9.93. The van der Waals surface area contributed by atoms with Crippen LogP contribution < -0.4 is 5.32 Å². The molecular weight excluding hydrogens is 216 g/mol. The second-order valence-electron chi connectivity index (χ2n) is 4.21. The van der Waals surface area contributed by atoms with E-state index >= 15 is 0 Å². The Morgan fingerprint density at radius 1 is 1.35 bits per heavy atom. The highest BCUT2D eigenvalue weighted by molar-refractivity contribution is 5.73. The Morgan fingerprint density at radius 2 is 2.18 bits per heavy atom. The molecule has 4 nitrogen and oxygen atoms in total. The van der Waals surface area contributed by atoms with Crippen molar-refractivity contribution in [2.75, 3.05) is 12.4 Å². The predicted molar refractivity (Wildman–Crippen MR) is 69.1 cm³/mol. The van der Waals surface area contributed by atoms with E-state index in [-0.39, 0.29) is 10.6 Å². The maximum atomic E-state index is 10.8. The smallest absolute Gasteiger partial charge is 0.292 e. The predicted octanol–water partition coefficient (Wildman–Crippen LogP) is 3.59. The van der Waals surface area contributed by atoms with E-state index in [2.05, 4.69) is 11.4 Å². The lowest BCUT2D eigenvalue weighted by Gasteiger charge is -2.13. The van der Waals surface area contributed by atoms with E-state index in [4.69, 9.17) is 0 Å². The maximum absolute atomic E-state index is 10.8. The molecule has 0 heterocycles. The molecule has 0 saturated carbocycles. The van der Waals surface area contributed by atoms with Gasteiger partial charge in [0, 0.05) is 13.1 Å². The van der Waals surface area contributed by atoms with Crippen LogP contribution >= 0.6 is 0 Å². The topological polar surface area (TPSA) is 55.2 Å². The highest BCUT2D eigenvalue weighted by Crippen LogP contribution is 2.32. The quantitative estimate of drug-likeness (QED) is 0.640. The zero-order valence-corrected chi connectivity index (χ0v) is 9.90. The fourth-order valence-corrected chi connectivity index (χ4v) is 2.20. The first-order valence-corrected chi connectivity index (χ1v) is 5.88. The number of nitrogens with one attached hydrogen (secondary N) is 1. The van der Waals surface area contributed by atoms with E-state index in [9.17, 15) is 10.1 Å². The zero-order chi connectivity index (χ0) is 12.3. The molecule has 2 rings (SSSR count). The molecule has 0 fully saturated rings. The van der Waals surface area contributed by atoms with Crippen LogP contribution in [0.5, 0.6) is 0 Å². The molecule has 0 amide bonds. The molecule has 90 valence electrons. The molecule has 0 radical (unpaired) electrons. The van der Waals surface area contributed by atoms with Gasteiger partial charge < -0.3 is 5.32 Å². The van der Waals surface area contributed by atoms with Crippen LogP contribution in [0.2, 0.25) is 0 Å². The molecular formula is C13H16N2O2. The van der Waals surface area contributed by atoms with Gasteiger partial charge in [-0.1, -0.05) is 6.08 Å². The average molecular weight is 232 g/mol. The largest absolute Gasteiger partial charge is 0.383 e. The molecule has 1 aromatic carbocycles. The highest BCUT2D eigenvalue weighted by Gasteiger charge is 2.14. The molecule has 4 heteroatoms. The minimum absolute atomic E-state index is 0.132. The second kappa shape index (κ2) is 4.99. The van der Waals surface area contributed by atoms with Crippen molar-refractivity contribution in [1.82, 2.24) is 0 Å². The van der Waals surface area contributed by atoms with Crippen molar-refractivity contribution < 1.29 is 4.92 Å². The summed E-state index contributed by atoms with van der Waals surface area (Å²) in [5.41, 5.74) is 3.12. The van der Waals surface area contributed by atoms with E-state index in [1.807, 2.05) is 12.1 Å². The Kier molecular flexibility index (Phi) is 3.42. The molecule has 1 aromatic rings.